The summed E-state index contributed by atoms with van der Waals surface area (Å²) in [6.45, 7) is 1.26. The maximum atomic E-state index is 13.1. The molecule has 6 heteroatoms. The van der Waals surface area contributed by atoms with Crippen LogP contribution in [0.1, 0.15) is 48.9 Å². The highest BCUT2D eigenvalue weighted by atomic mass is 16.2. The van der Waals surface area contributed by atoms with Gasteiger partial charge in [0, 0.05) is 56.2 Å². The van der Waals surface area contributed by atoms with Crippen LogP contribution in [0.5, 0.6) is 0 Å². The Morgan fingerprint density at radius 2 is 1.85 bits per heavy atom. The van der Waals surface area contributed by atoms with Crippen molar-refractivity contribution in [1.29, 1.82) is 0 Å². The van der Waals surface area contributed by atoms with E-state index in [1.165, 1.54) is 12.8 Å². The number of fused-ring (bicyclic) bond motifs is 2. The highest BCUT2D eigenvalue weighted by Crippen LogP contribution is 2.30. The first-order valence-electron chi connectivity index (χ1n) is 9.84. The number of piperidine rings is 2. The molecule has 0 spiro atoms. The molecular weight excluding hydrogens is 328 g/mol. The van der Waals surface area contributed by atoms with E-state index in [0.717, 1.165) is 32.2 Å². The second-order valence-electron chi connectivity index (χ2n) is 8.04. The van der Waals surface area contributed by atoms with Crippen LogP contribution >= 0.6 is 0 Å². The molecule has 0 radical (unpaired) electrons. The zero-order chi connectivity index (χ0) is 18.1. The highest BCUT2D eigenvalue weighted by molar-refractivity contribution is 5.94. The number of likely N-dealkylation sites (tertiary alicyclic amines) is 1. The molecule has 3 aliphatic heterocycles. The summed E-state index contributed by atoms with van der Waals surface area (Å²) in [5.74, 6) is 0.142. The molecule has 2 bridgehead atoms. The Bertz CT molecular complexity index is 653. The fraction of sp³-hybridized carbons (Fsp3) is 0.650. The molecule has 0 saturated carbocycles. The molecule has 0 aromatic carbocycles. The number of hydrogen-bond donors (Lipinski definition) is 1. The molecule has 4 rings (SSSR count). The van der Waals surface area contributed by atoms with Crippen molar-refractivity contribution < 1.29 is 9.59 Å². The predicted molar refractivity (Wildman–Crippen MR) is 98.6 cm³/mol. The maximum Gasteiger partial charge on any atom is 0.253 e. The molecule has 3 saturated heterocycles. The first-order valence-corrected chi connectivity index (χ1v) is 9.84. The highest BCUT2D eigenvalue weighted by Gasteiger charge is 2.38. The smallest absolute Gasteiger partial charge is 0.253 e. The van der Waals surface area contributed by atoms with E-state index in [2.05, 4.69) is 10.3 Å². The molecule has 26 heavy (non-hydrogen) atoms. The van der Waals surface area contributed by atoms with Crippen molar-refractivity contribution in [2.24, 2.45) is 5.92 Å². The molecule has 6 nitrogen and oxygen atoms in total. The number of carbonyl (C=O) groups is 2. The minimum atomic E-state index is -0.0768. The molecule has 3 unspecified atom stereocenters. The van der Waals surface area contributed by atoms with Gasteiger partial charge in [-0.05, 0) is 50.7 Å². The number of nitrogens with one attached hydrogen (secondary N) is 1. The summed E-state index contributed by atoms with van der Waals surface area (Å²) < 4.78 is 0. The van der Waals surface area contributed by atoms with Crippen LogP contribution in [0.25, 0.3) is 0 Å². The standard InChI is InChI=1S/C20H28N4O2/c1-23(18-11-16-4-5-17(12-18)22-16)19(25)15-3-2-10-24(13-15)20(26)14-6-8-21-9-7-14/h6-9,15-18,22H,2-5,10-13H2,1H3. The van der Waals surface area contributed by atoms with E-state index in [1.54, 1.807) is 24.5 Å². The van der Waals surface area contributed by atoms with E-state index >= 15 is 0 Å². The monoisotopic (exact) mass is 356 g/mol. The van der Waals surface area contributed by atoms with Crippen LogP contribution < -0.4 is 5.32 Å². The quantitative estimate of drug-likeness (QED) is 0.895. The summed E-state index contributed by atoms with van der Waals surface area (Å²) in [5.41, 5.74) is 0.649. The average Bonchev–Trinajstić information content (AvgIpc) is 3.04. The topological polar surface area (TPSA) is 65.5 Å². The van der Waals surface area contributed by atoms with Gasteiger partial charge in [-0.15, -0.1) is 0 Å². The number of amides is 2. The van der Waals surface area contributed by atoms with Gasteiger partial charge in [-0.2, -0.15) is 0 Å². The lowest BCUT2D eigenvalue weighted by Crippen LogP contribution is -2.52. The second-order valence-corrected chi connectivity index (χ2v) is 8.04. The second kappa shape index (κ2) is 7.35. The summed E-state index contributed by atoms with van der Waals surface area (Å²) in [5, 5.41) is 3.64. The van der Waals surface area contributed by atoms with Crippen LogP contribution in [0.2, 0.25) is 0 Å². The average molecular weight is 356 g/mol. The molecule has 3 aliphatic rings. The number of hydrogen-bond acceptors (Lipinski definition) is 4. The zero-order valence-electron chi connectivity index (χ0n) is 15.4. The molecule has 2 amide bonds. The largest absolute Gasteiger partial charge is 0.342 e. The van der Waals surface area contributed by atoms with Crippen molar-refractivity contribution in [3.8, 4) is 0 Å². The lowest BCUT2D eigenvalue weighted by Gasteiger charge is -2.39. The molecule has 4 heterocycles. The summed E-state index contributed by atoms with van der Waals surface area (Å²) >= 11 is 0. The number of pyridine rings is 1. The van der Waals surface area contributed by atoms with Gasteiger partial charge in [-0.1, -0.05) is 0 Å². The number of aromatic nitrogens is 1. The van der Waals surface area contributed by atoms with Gasteiger partial charge in [0.05, 0.1) is 5.92 Å². The Morgan fingerprint density at radius 3 is 2.54 bits per heavy atom. The minimum Gasteiger partial charge on any atom is -0.342 e. The predicted octanol–water partition coefficient (Wildman–Crippen LogP) is 1.68. The van der Waals surface area contributed by atoms with Crippen molar-refractivity contribution in [3.05, 3.63) is 30.1 Å². The molecular formula is C20H28N4O2. The van der Waals surface area contributed by atoms with Gasteiger partial charge < -0.3 is 15.1 Å². The van der Waals surface area contributed by atoms with E-state index in [0.29, 0.717) is 30.2 Å². The third kappa shape index (κ3) is 3.47. The van der Waals surface area contributed by atoms with E-state index in [-0.39, 0.29) is 17.7 Å². The van der Waals surface area contributed by atoms with Crippen LogP contribution in [0.4, 0.5) is 0 Å². The van der Waals surface area contributed by atoms with Gasteiger partial charge in [0.15, 0.2) is 0 Å². The number of rotatable bonds is 3. The minimum absolute atomic E-state index is 0.00691. The Labute approximate surface area is 155 Å². The van der Waals surface area contributed by atoms with Gasteiger partial charge >= 0.3 is 0 Å². The SMILES string of the molecule is CN(C(=O)C1CCCN(C(=O)c2ccncc2)C1)C1CC2CCC(C1)N2. The summed E-state index contributed by atoms with van der Waals surface area (Å²) in [4.78, 5) is 33.6. The Hall–Kier alpha value is -1.95. The Morgan fingerprint density at radius 1 is 1.15 bits per heavy atom. The zero-order valence-corrected chi connectivity index (χ0v) is 15.4. The van der Waals surface area contributed by atoms with Gasteiger partial charge in [0.2, 0.25) is 5.91 Å². The van der Waals surface area contributed by atoms with Crippen LogP contribution in [0.3, 0.4) is 0 Å². The fourth-order valence-electron chi connectivity index (χ4n) is 4.85. The van der Waals surface area contributed by atoms with Crippen molar-refractivity contribution >= 4 is 11.8 Å². The number of nitrogens with zero attached hydrogens (tertiary/aromatic N) is 3. The van der Waals surface area contributed by atoms with Crippen molar-refractivity contribution in [3.63, 3.8) is 0 Å². The lowest BCUT2D eigenvalue weighted by molar-refractivity contribution is -0.138. The molecule has 1 N–H and O–H groups in total. The van der Waals surface area contributed by atoms with Gasteiger partial charge in [-0.25, -0.2) is 0 Å². The molecule has 3 fully saturated rings. The van der Waals surface area contributed by atoms with E-state index in [9.17, 15) is 9.59 Å². The number of carbonyl (C=O) groups excluding carboxylic acids is 2. The first-order chi connectivity index (χ1) is 12.6. The first kappa shape index (κ1) is 17.5. The summed E-state index contributed by atoms with van der Waals surface area (Å²) in [6.07, 6.45) is 9.63. The normalized spacial score (nSPS) is 30.9. The molecule has 1 aromatic heterocycles. The summed E-state index contributed by atoms with van der Waals surface area (Å²) in [6, 6.07) is 4.97. The third-order valence-corrected chi connectivity index (χ3v) is 6.33. The fourth-order valence-corrected chi connectivity index (χ4v) is 4.85. The van der Waals surface area contributed by atoms with Crippen LogP contribution in [-0.4, -0.2) is 64.9 Å². The van der Waals surface area contributed by atoms with Crippen molar-refractivity contribution in [2.75, 3.05) is 20.1 Å². The Kier molecular flexibility index (Phi) is 4.94. The third-order valence-electron chi connectivity index (χ3n) is 6.33. The van der Waals surface area contributed by atoms with Crippen LogP contribution in [-0.2, 0) is 4.79 Å². The molecule has 0 aliphatic carbocycles. The van der Waals surface area contributed by atoms with Crippen LogP contribution in [0, 0.1) is 5.92 Å². The van der Waals surface area contributed by atoms with E-state index in [1.807, 2.05) is 16.8 Å². The Balaban J connectivity index is 1.39. The van der Waals surface area contributed by atoms with Gasteiger partial charge in [0.25, 0.3) is 5.91 Å². The van der Waals surface area contributed by atoms with E-state index in [4.69, 9.17) is 0 Å². The maximum absolute atomic E-state index is 13.1. The van der Waals surface area contributed by atoms with Crippen molar-refractivity contribution in [2.45, 2.75) is 56.7 Å². The van der Waals surface area contributed by atoms with Crippen LogP contribution in [0.15, 0.2) is 24.5 Å². The molecule has 140 valence electrons. The van der Waals surface area contributed by atoms with Gasteiger partial charge in [-0.3, -0.25) is 14.6 Å². The summed E-state index contributed by atoms with van der Waals surface area (Å²) in [7, 11) is 1.96. The molecule has 1 aromatic rings. The van der Waals surface area contributed by atoms with E-state index < -0.39 is 0 Å². The lowest BCUT2D eigenvalue weighted by atomic mass is 9.93. The van der Waals surface area contributed by atoms with Gasteiger partial charge in [0.1, 0.15) is 0 Å². The van der Waals surface area contributed by atoms with Crippen molar-refractivity contribution in [1.82, 2.24) is 20.1 Å². The molecule has 3 atom stereocenters.